The first-order chi connectivity index (χ1) is 19.1. The lowest BCUT2D eigenvalue weighted by atomic mass is 10.2. The van der Waals surface area contributed by atoms with Gasteiger partial charge >= 0.3 is 0 Å². The van der Waals surface area contributed by atoms with Crippen LogP contribution in [0.4, 0.5) is 40.2 Å². The number of nitrogens with zero attached hydrogens (tertiary/aromatic N) is 6. The number of aromatic nitrogens is 2. The second-order valence-electron chi connectivity index (χ2n) is 9.34. The Morgan fingerprint density at radius 2 is 1.75 bits per heavy atom. The fourth-order valence-corrected chi connectivity index (χ4v) is 4.06. The predicted molar refractivity (Wildman–Crippen MR) is 163 cm³/mol. The molecule has 0 saturated carbocycles. The van der Waals surface area contributed by atoms with Crippen molar-refractivity contribution in [2.75, 3.05) is 80.8 Å². The van der Waals surface area contributed by atoms with Gasteiger partial charge in [-0.25, -0.2) is 4.98 Å². The van der Waals surface area contributed by atoms with Crippen LogP contribution in [0.15, 0.2) is 55.3 Å². The summed E-state index contributed by atoms with van der Waals surface area (Å²) in [5, 5.41) is 6.20. The molecule has 0 aliphatic heterocycles. The highest BCUT2D eigenvalue weighted by molar-refractivity contribution is 6.33. The Morgan fingerprint density at radius 1 is 1.05 bits per heavy atom. The van der Waals surface area contributed by atoms with Gasteiger partial charge in [0.05, 0.1) is 41.7 Å². The molecule has 3 rings (SSSR count). The number of anilines is 7. The van der Waals surface area contributed by atoms with Crippen LogP contribution in [-0.2, 0) is 9.59 Å². The van der Waals surface area contributed by atoms with Gasteiger partial charge in [0.25, 0.3) is 0 Å². The first-order valence-electron chi connectivity index (χ1n) is 12.4. The summed E-state index contributed by atoms with van der Waals surface area (Å²) >= 11 is 6.46. The van der Waals surface area contributed by atoms with Crippen LogP contribution in [-0.4, -0.2) is 82.6 Å². The van der Waals surface area contributed by atoms with Crippen molar-refractivity contribution in [3.05, 3.63) is 60.3 Å². The lowest BCUT2D eigenvalue weighted by molar-refractivity contribution is -0.112. The van der Waals surface area contributed by atoms with Gasteiger partial charge in [0.15, 0.2) is 5.82 Å². The topological polar surface area (TPSA) is 106 Å². The fourth-order valence-electron chi connectivity index (χ4n) is 3.88. The number of hydrogen-bond acceptors (Lipinski definition) is 9. The van der Waals surface area contributed by atoms with Crippen molar-refractivity contribution in [1.82, 2.24) is 14.9 Å². The molecular formula is C28H35ClN8O3. The van der Waals surface area contributed by atoms with Crippen molar-refractivity contribution in [2.24, 2.45) is 0 Å². The molecule has 0 bridgehead atoms. The number of halogens is 1. The minimum Gasteiger partial charge on any atom is -0.494 e. The molecule has 0 aliphatic carbocycles. The van der Waals surface area contributed by atoms with Gasteiger partial charge in [0.2, 0.25) is 18.3 Å². The predicted octanol–water partition coefficient (Wildman–Crippen LogP) is 4.37. The maximum Gasteiger partial charge on any atom is 0.247 e. The van der Waals surface area contributed by atoms with E-state index in [0.29, 0.717) is 35.8 Å². The Hall–Kier alpha value is -4.35. The number of benzene rings is 2. The van der Waals surface area contributed by atoms with E-state index in [0.717, 1.165) is 17.9 Å². The largest absolute Gasteiger partial charge is 0.494 e. The Bertz CT molecular complexity index is 1370. The maximum atomic E-state index is 12.3. The molecule has 0 spiro atoms. The number of rotatable bonds is 13. The minimum absolute atomic E-state index is 0.168. The zero-order chi connectivity index (χ0) is 29.4. The van der Waals surface area contributed by atoms with Gasteiger partial charge in [-0.3, -0.25) is 14.5 Å². The number of likely N-dealkylation sites (N-methyl/N-ethyl adjacent to an activating group) is 2. The zero-order valence-electron chi connectivity index (χ0n) is 23.6. The summed E-state index contributed by atoms with van der Waals surface area (Å²) in [5.74, 6) is 0.502. The van der Waals surface area contributed by atoms with Gasteiger partial charge in [0, 0.05) is 40.3 Å². The number of ether oxygens (including phenoxy) is 1. The number of methoxy groups -OCH3 is 1. The van der Waals surface area contributed by atoms with Crippen molar-refractivity contribution in [1.29, 1.82) is 0 Å². The third-order valence-electron chi connectivity index (χ3n) is 5.98. The Kier molecular flexibility index (Phi) is 10.3. The first-order valence-corrected chi connectivity index (χ1v) is 12.8. The summed E-state index contributed by atoms with van der Waals surface area (Å²) in [6.07, 6.45) is 3.27. The summed E-state index contributed by atoms with van der Waals surface area (Å²) in [4.78, 5) is 40.7. The fraction of sp³-hybridized carbons (Fsp3) is 0.286. The molecule has 0 saturated heterocycles. The second-order valence-corrected chi connectivity index (χ2v) is 9.74. The van der Waals surface area contributed by atoms with Gasteiger partial charge in [-0.15, -0.1) is 0 Å². The lowest BCUT2D eigenvalue weighted by Gasteiger charge is -2.26. The quantitative estimate of drug-likeness (QED) is 0.230. The van der Waals surface area contributed by atoms with Crippen molar-refractivity contribution < 1.29 is 14.3 Å². The summed E-state index contributed by atoms with van der Waals surface area (Å²) < 4.78 is 5.67. The number of nitrogens with one attached hydrogen (secondary N) is 2. The molecule has 2 amide bonds. The van der Waals surface area contributed by atoms with Crippen LogP contribution in [0.2, 0.25) is 5.02 Å². The van der Waals surface area contributed by atoms with Crippen LogP contribution in [0.5, 0.6) is 5.75 Å². The summed E-state index contributed by atoms with van der Waals surface area (Å²) in [5.41, 5.74) is 3.19. The van der Waals surface area contributed by atoms with Crippen molar-refractivity contribution >= 4 is 64.1 Å². The van der Waals surface area contributed by atoms with E-state index in [1.165, 1.54) is 17.2 Å². The molecule has 2 N–H and O–H groups in total. The molecule has 0 unspecified atom stereocenters. The Labute approximate surface area is 240 Å². The minimum atomic E-state index is -0.357. The monoisotopic (exact) mass is 566 g/mol. The van der Waals surface area contributed by atoms with Crippen LogP contribution >= 0.6 is 11.6 Å². The van der Waals surface area contributed by atoms with Crippen LogP contribution in [0.25, 0.3) is 0 Å². The van der Waals surface area contributed by atoms with Crippen LogP contribution in [0.1, 0.15) is 0 Å². The summed E-state index contributed by atoms with van der Waals surface area (Å²) in [7, 11) is 11.2. The lowest BCUT2D eigenvalue weighted by Crippen LogP contribution is -2.29. The number of para-hydroxylation sites is 2. The summed E-state index contributed by atoms with van der Waals surface area (Å²) in [6.45, 7) is 5.07. The molecule has 212 valence electrons. The molecule has 1 heterocycles. The number of carbonyl (C=O) groups excluding carboxylic acids is 2. The van der Waals surface area contributed by atoms with Gasteiger partial charge in [-0.1, -0.05) is 30.3 Å². The highest BCUT2D eigenvalue weighted by Crippen LogP contribution is 2.39. The normalized spacial score (nSPS) is 10.6. The smallest absolute Gasteiger partial charge is 0.247 e. The van der Waals surface area contributed by atoms with Gasteiger partial charge in [-0.2, -0.15) is 4.98 Å². The van der Waals surface area contributed by atoms with E-state index >= 15 is 0 Å². The van der Waals surface area contributed by atoms with Crippen molar-refractivity contribution in [3.63, 3.8) is 0 Å². The van der Waals surface area contributed by atoms with Gasteiger partial charge in [-0.05, 0) is 38.4 Å². The highest BCUT2D eigenvalue weighted by Gasteiger charge is 2.21. The van der Waals surface area contributed by atoms with Crippen molar-refractivity contribution in [3.8, 4) is 5.75 Å². The molecule has 1 aromatic heterocycles. The molecule has 12 heteroatoms. The van der Waals surface area contributed by atoms with Gasteiger partial charge in [0.1, 0.15) is 10.8 Å². The molecule has 2 aromatic carbocycles. The van der Waals surface area contributed by atoms with Crippen LogP contribution in [0, 0.1) is 0 Å². The Balaban J connectivity index is 2.05. The average Bonchev–Trinajstić information content (AvgIpc) is 2.94. The summed E-state index contributed by atoms with van der Waals surface area (Å²) in [6, 6.07) is 11.0. The highest BCUT2D eigenvalue weighted by atomic mass is 35.5. The van der Waals surface area contributed by atoms with Crippen molar-refractivity contribution in [2.45, 2.75) is 0 Å². The van der Waals surface area contributed by atoms with E-state index in [1.54, 1.807) is 19.2 Å². The first kappa shape index (κ1) is 30.2. The van der Waals surface area contributed by atoms with Crippen LogP contribution in [0.3, 0.4) is 0 Å². The second kappa shape index (κ2) is 13.6. The van der Waals surface area contributed by atoms with Crippen LogP contribution < -0.4 is 30.1 Å². The molecule has 0 radical (unpaired) electrons. The molecule has 11 nitrogen and oxygen atoms in total. The number of hydrogen-bond donors (Lipinski definition) is 2. The van der Waals surface area contributed by atoms with E-state index in [2.05, 4.69) is 32.1 Å². The SMILES string of the molecule is C=CC(=O)Nc1cc(Nc2ncc(Cl)c(N(C=O)c3ccccc3N(C)C)n2)c(OC)cc1N(C)CCN(C)C. The third-order valence-corrected chi connectivity index (χ3v) is 6.25. The van der Waals surface area contributed by atoms with Gasteiger partial charge < -0.3 is 30.1 Å². The number of carbonyl (C=O) groups is 2. The molecular weight excluding hydrogens is 532 g/mol. The van der Waals surface area contributed by atoms with E-state index in [1.807, 2.05) is 69.3 Å². The zero-order valence-corrected chi connectivity index (χ0v) is 24.4. The molecule has 0 atom stereocenters. The average molecular weight is 567 g/mol. The molecule has 40 heavy (non-hydrogen) atoms. The standard InChI is InChI=1S/C28H35ClN8O3/c1-8-26(39)31-20-15-21(25(40-7)16-24(20)36(6)14-13-34(2)3)32-28-30-17-19(29)27(33-28)37(18-38)23-12-10-9-11-22(23)35(4)5/h8-12,15-18H,1,13-14H2,2-7H3,(H,31,39)(H,30,32,33). The van der Waals surface area contributed by atoms with E-state index < -0.39 is 0 Å². The van der Waals surface area contributed by atoms with E-state index in [9.17, 15) is 9.59 Å². The Morgan fingerprint density at radius 3 is 2.35 bits per heavy atom. The number of amides is 2. The third kappa shape index (κ3) is 7.19. The van der Waals surface area contributed by atoms with E-state index in [4.69, 9.17) is 16.3 Å². The molecule has 3 aromatic rings. The van der Waals surface area contributed by atoms with E-state index in [-0.39, 0.29) is 22.7 Å². The molecule has 0 fully saturated rings. The molecule has 0 aliphatic rings. The maximum absolute atomic E-state index is 12.3.